The van der Waals surface area contributed by atoms with Crippen LogP contribution in [0.3, 0.4) is 0 Å². The average molecular weight is 413 g/mol. The van der Waals surface area contributed by atoms with E-state index in [0.717, 1.165) is 10.6 Å². The van der Waals surface area contributed by atoms with Crippen molar-refractivity contribution in [2.75, 3.05) is 6.54 Å². The maximum Gasteiger partial charge on any atom is 0.322 e. The molecular weight excluding hydrogens is 390 g/mol. The number of nitrogens with zero attached hydrogens (tertiary/aromatic N) is 2. The van der Waals surface area contributed by atoms with Crippen molar-refractivity contribution in [1.29, 1.82) is 0 Å². The lowest BCUT2D eigenvalue weighted by Gasteiger charge is -2.13. The largest absolute Gasteiger partial charge is 0.504 e. The number of pyridine rings is 1. The van der Waals surface area contributed by atoms with Crippen molar-refractivity contribution in [2.24, 2.45) is 0 Å². The van der Waals surface area contributed by atoms with Gasteiger partial charge in [0.1, 0.15) is 16.8 Å². The van der Waals surface area contributed by atoms with Gasteiger partial charge in [-0.05, 0) is 18.4 Å². The first-order valence-electron chi connectivity index (χ1n) is 9.23. The first-order valence-corrected chi connectivity index (χ1v) is 10.0. The van der Waals surface area contributed by atoms with E-state index in [1.165, 1.54) is 11.3 Å². The van der Waals surface area contributed by atoms with Crippen molar-refractivity contribution in [1.82, 2.24) is 15.3 Å². The number of amides is 1. The fraction of sp³-hybridized carbons (Fsp3) is 0.333. The van der Waals surface area contributed by atoms with Crippen LogP contribution in [0.5, 0.6) is 5.75 Å². The molecule has 0 bridgehead atoms. The highest BCUT2D eigenvalue weighted by atomic mass is 32.1. The predicted molar refractivity (Wildman–Crippen MR) is 112 cm³/mol. The number of thiazole rings is 1. The monoisotopic (exact) mass is 413 g/mol. The molecule has 0 aliphatic rings. The molecule has 0 spiro atoms. The minimum atomic E-state index is -1.17. The highest BCUT2D eigenvalue weighted by molar-refractivity contribution is 7.19. The number of carbonyl (C=O) groups is 2. The van der Waals surface area contributed by atoms with Crippen LogP contribution in [0, 0.1) is 0 Å². The van der Waals surface area contributed by atoms with E-state index in [1.54, 1.807) is 0 Å². The Morgan fingerprint density at radius 1 is 1.10 bits per heavy atom. The summed E-state index contributed by atoms with van der Waals surface area (Å²) in [6, 6.07) is 9.89. The van der Waals surface area contributed by atoms with Gasteiger partial charge < -0.3 is 15.5 Å². The molecule has 0 atom stereocenters. The van der Waals surface area contributed by atoms with Gasteiger partial charge in [0.2, 0.25) is 0 Å². The molecule has 2 aromatic heterocycles. The van der Waals surface area contributed by atoms with Crippen LogP contribution in [0.2, 0.25) is 0 Å². The fourth-order valence-electron chi connectivity index (χ4n) is 2.83. The van der Waals surface area contributed by atoms with Gasteiger partial charge in [0, 0.05) is 5.41 Å². The van der Waals surface area contributed by atoms with E-state index in [4.69, 9.17) is 10.1 Å². The predicted octanol–water partition coefficient (Wildman–Crippen LogP) is 3.29. The highest BCUT2D eigenvalue weighted by Gasteiger charge is 2.26. The number of aliphatic carboxylic acids is 1. The summed E-state index contributed by atoms with van der Waals surface area (Å²) in [6.45, 7) is 5.53. The minimum Gasteiger partial charge on any atom is -0.504 e. The van der Waals surface area contributed by atoms with Gasteiger partial charge >= 0.3 is 5.97 Å². The van der Waals surface area contributed by atoms with Crippen molar-refractivity contribution in [3.8, 4) is 5.75 Å². The Morgan fingerprint density at radius 3 is 2.41 bits per heavy atom. The summed E-state index contributed by atoms with van der Waals surface area (Å²) >= 11 is 1.33. The van der Waals surface area contributed by atoms with Crippen LogP contribution < -0.4 is 5.32 Å². The smallest absolute Gasteiger partial charge is 0.322 e. The van der Waals surface area contributed by atoms with E-state index < -0.39 is 18.4 Å². The van der Waals surface area contributed by atoms with Crippen LogP contribution in [0.15, 0.2) is 30.3 Å². The van der Waals surface area contributed by atoms with Crippen molar-refractivity contribution in [3.05, 3.63) is 52.3 Å². The molecule has 0 aliphatic carbocycles. The number of carboxylic acids is 1. The topological polar surface area (TPSA) is 112 Å². The number of aryl methyl sites for hydroxylation is 2. The Hall–Kier alpha value is -3.00. The molecule has 3 aromatic rings. The normalized spacial score (nSPS) is 11.6. The molecule has 152 valence electrons. The van der Waals surface area contributed by atoms with Crippen molar-refractivity contribution in [3.63, 3.8) is 0 Å². The molecule has 0 saturated carbocycles. The van der Waals surface area contributed by atoms with E-state index in [0.29, 0.717) is 28.8 Å². The van der Waals surface area contributed by atoms with E-state index in [1.807, 2.05) is 51.1 Å². The lowest BCUT2D eigenvalue weighted by Crippen LogP contribution is -2.30. The van der Waals surface area contributed by atoms with Gasteiger partial charge in [-0.1, -0.05) is 51.1 Å². The summed E-state index contributed by atoms with van der Waals surface area (Å²) in [6.07, 6.45) is 1.24. The van der Waals surface area contributed by atoms with E-state index in [-0.39, 0.29) is 16.9 Å². The number of carbonyl (C=O) groups excluding carboxylic acids is 1. The number of hydrogen-bond acceptors (Lipinski definition) is 6. The van der Waals surface area contributed by atoms with Crippen LogP contribution >= 0.6 is 11.3 Å². The second-order valence-corrected chi connectivity index (χ2v) is 8.76. The number of hydrogen-bond donors (Lipinski definition) is 3. The zero-order valence-corrected chi connectivity index (χ0v) is 17.3. The van der Waals surface area contributed by atoms with Crippen LogP contribution in [0.1, 0.15) is 47.5 Å². The van der Waals surface area contributed by atoms with Gasteiger partial charge in [0.15, 0.2) is 11.4 Å². The third-order valence-electron chi connectivity index (χ3n) is 4.34. The van der Waals surface area contributed by atoms with Gasteiger partial charge in [0.05, 0.1) is 10.7 Å². The number of nitrogens with one attached hydrogen (secondary N) is 1. The molecule has 0 unspecified atom stereocenters. The summed E-state index contributed by atoms with van der Waals surface area (Å²) in [4.78, 5) is 32.3. The molecule has 29 heavy (non-hydrogen) atoms. The van der Waals surface area contributed by atoms with E-state index in [9.17, 15) is 14.7 Å². The van der Waals surface area contributed by atoms with Crippen LogP contribution in [-0.2, 0) is 23.1 Å². The Morgan fingerprint density at radius 2 is 1.79 bits per heavy atom. The fourth-order valence-corrected chi connectivity index (χ4v) is 3.92. The summed E-state index contributed by atoms with van der Waals surface area (Å²) in [5.41, 5.74) is 1.92. The number of carboxylic acid groups (broad SMARTS) is 1. The molecule has 2 heterocycles. The lowest BCUT2D eigenvalue weighted by atomic mass is 9.98. The Kier molecular flexibility index (Phi) is 5.83. The Labute approximate surface area is 172 Å². The van der Waals surface area contributed by atoms with Gasteiger partial charge in [-0.25, -0.2) is 9.97 Å². The molecule has 0 saturated heterocycles. The lowest BCUT2D eigenvalue weighted by molar-refractivity contribution is -0.135. The van der Waals surface area contributed by atoms with E-state index >= 15 is 0 Å². The first kappa shape index (κ1) is 20.7. The second-order valence-electron chi connectivity index (χ2n) is 7.76. The summed E-state index contributed by atoms with van der Waals surface area (Å²) in [7, 11) is 0. The quantitative estimate of drug-likeness (QED) is 0.572. The maximum absolute atomic E-state index is 12.4. The third kappa shape index (κ3) is 4.71. The van der Waals surface area contributed by atoms with Crippen LogP contribution in [0.25, 0.3) is 10.2 Å². The summed E-state index contributed by atoms with van der Waals surface area (Å²) < 4.78 is 0.494. The van der Waals surface area contributed by atoms with Crippen molar-refractivity contribution in [2.45, 2.75) is 39.0 Å². The molecule has 0 aliphatic heterocycles. The molecule has 3 rings (SSSR count). The molecule has 0 fully saturated rings. The maximum atomic E-state index is 12.4. The number of aromatic hydroxyl groups is 1. The van der Waals surface area contributed by atoms with Gasteiger partial charge in [-0.3, -0.25) is 9.59 Å². The number of benzene rings is 1. The van der Waals surface area contributed by atoms with Gasteiger partial charge in [-0.15, -0.1) is 11.3 Å². The number of rotatable bonds is 6. The standard InChI is InChI=1S/C21H23N3O4S/c1-21(2,3)20-24-15-13(10-9-12-7-5-4-6-8-12)23-16(17(27)18(15)29-20)19(28)22-11-14(25)26/h4-8,27H,9-11H2,1-3H3,(H,22,28)(H,25,26). The number of fused-ring (bicyclic) bond motifs is 1. The van der Waals surface area contributed by atoms with Gasteiger partial charge in [-0.2, -0.15) is 0 Å². The molecule has 8 heteroatoms. The molecule has 1 amide bonds. The highest BCUT2D eigenvalue weighted by Crippen LogP contribution is 2.38. The molecule has 1 aromatic carbocycles. The first-order chi connectivity index (χ1) is 13.7. The third-order valence-corrected chi connectivity index (χ3v) is 5.82. The summed E-state index contributed by atoms with van der Waals surface area (Å²) in [5.74, 6) is -2.16. The summed E-state index contributed by atoms with van der Waals surface area (Å²) in [5, 5.41) is 22.6. The second kappa shape index (κ2) is 8.16. The van der Waals surface area contributed by atoms with Crippen LogP contribution in [0.4, 0.5) is 0 Å². The molecular formula is C21H23N3O4S. The molecule has 0 radical (unpaired) electrons. The minimum absolute atomic E-state index is 0.175. The zero-order chi connectivity index (χ0) is 21.2. The number of aromatic nitrogens is 2. The van der Waals surface area contributed by atoms with Crippen LogP contribution in [-0.4, -0.2) is 38.6 Å². The molecule has 3 N–H and O–H groups in total. The SMILES string of the molecule is CC(C)(C)c1nc2c(CCc3ccccc3)nc(C(=O)NCC(=O)O)c(O)c2s1. The van der Waals surface area contributed by atoms with Crippen molar-refractivity contribution >= 4 is 33.4 Å². The van der Waals surface area contributed by atoms with Gasteiger partial charge in [0.25, 0.3) is 5.91 Å². The van der Waals surface area contributed by atoms with E-state index in [2.05, 4.69) is 10.3 Å². The molecule has 7 nitrogen and oxygen atoms in total. The zero-order valence-electron chi connectivity index (χ0n) is 16.5. The Balaban J connectivity index is 2.05. The van der Waals surface area contributed by atoms with Crippen molar-refractivity contribution < 1.29 is 19.8 Å². The Bertz CT molecular complexity index is 1060. The average Bonchev–Trinajstić information content (AvgIpc) is 3.13.